The summed E-state index contributed by atoms with van der Waals surface area (Å²) in [4.78, 5) is 12.6. The number of nitrogens with zero attached hydrogens (tertiary/aromatic N) is 1. The molecule has 0 heterocycles. The monoisotopic (exact) mass is 430 g/mol. The molecule has 2 aromatic carbocycles. The Hall–Kier alpha value is -1.77. The van der Waals surface area contributed by atoms with Crippen molar-refractivity contribution in [2.75, 3.05) is 6.54 Å². The average molecular weight is 431 g/mol. The fraction of sp³-hybridized carbons (Fsp3) is 0.333. The summed E-state index contributed by atoms with van der Waals surface area (Å²) in [5.74, 6) is 0.324. The summed E-state index contributed by atoms with van der Waals surface area (Å²) in [6.07, 6.45) is 0.766. The Kier molecular flexibility index (Phi) is 8.21. The number of carbonyl (C=O) groups is 1. The number of nitriles is 1. The van der Waals surface area contributed by atoms with E-state index in [1.54, 1.807) is 11.8 Å². The molecule has 2 atom stereocenters. The molecule has 0 radical (unpaired) electrons. The molecule has 0 saturated heterocycles. The highest BCUT2D eigenvalue weighted by Crippen LogP contribution is 2.40. The molecule has 0 aliphatic heterocycles. The summed E-state index contributed by atoms with van der Waals surface area (Å²) < 4.78 is 1.03. The first-order chi connectivity index (χ1) is 12.5. The lowest BCUT2D eigenvalue weighted by atomic mass is 10.0. The highest BCUT2D eigenvalue weighted by Gasteiger charge is 2.26. The molecule has 0 fully saturated rings. The maximum atomic E-state index is 12.6. The van der Waals surface area contributed by atoms with Gasteiger partial charge in [-0.25, -0.2) is 0 Å². The van der Waals surface area contributed by atoms with E-state index in [9.17, 15) is 4.79 Å². The summed E-state index contributed by atoms with van der Waals surface area (Å²) in [6, 6.07) is 20.5. The van der Waals surface area contributed by atoms with Crippen LogP contribution in [0.25, 0.3) is 0 Å². The van der Waals surface area contributed by atoms with Crippen LogP contribution in [0.4, 0.5) is 0 Å². The molecule has 1 N–H and O–H groups in total. The Balaban J connectivity index is 2.32. The Morgan fingerprint density at radius 1 is 1.12 bits per heavy atom. The van der Waals surface area contributed by atoms with Crippen LogP contribution in [0, 0.1) is 17.2 Å². The summed E-state index contributed by atoms with van der Waals surface area (Å²) in [6.45, 7) is 4.27. The smallest absolute Gasteiger partial charge is 0.233 e. The summed E-state index contributed by atoms with van der Waals surface area (Å²) in [5, 5.41) is 11.3. The minimum absolute atomic E-state index is 0.0439. The van der Waals surface area contributed by atoms with Crippen molar-refractivity contribution in [1.82, 2.24) is 5.32 Å². The van der Waals surface area contributed by atoms with Gasteiger partial charge in [0.1, 0.15) is 6.54 Å². The van der Waals surface area contributed by atoms with Gasteiger partial charge in [-0.2, -0.15) is 5.26 Å². The number of nitrogens with one attached hydrogen (secondary N) is 1. The second-order valence-corrected chi connectivity index (χ2v) is 8.70. The van der Waals surface area contributed by atoms with Crippen LogP contribution in [0.3, 0.4) is 0 Å². The topological polar surface area (TPSA) is 52.9 Å². The highest BCUT2D eigenvalue weighted by molar-refractivity contribution is 9.10. The zero-order valence-corrected chi connectivity index (χ0v) is 17.4. The third kappa shape index (κ3) is 6.19. The number of benzene rings is 2. The van der Waals surface area contributed by atoms with Gasteiger partial charge in [0.15, 0.2) is 0 Å². The Morgan fingerprint density at radius 3 is 2.31 bits per heavy atom. The number of rotatable bonds is 8. The van der Waals surface area contributed by atoms with Crippen molar-refractivity contribution in [3.63, 3.8) is 0 Å². The van der Waals surface area contributed by atoms with E-state index in [4.69, 9.17) is 5.26 Å². The number of hydrogen-bond acceptors (Lipinski definition) is 3. The van der Waals surface area contributed by atoms with E-state index in [1.165, 1.54) is 5.56 Å². The first-order valence-corrected chi connectivity index (χ1v) is 10.4. The number of amides is 1. The quantitative estimate of drug-likeness (QED) is 0.575. The van der Waals surface area contributed by atoms with Gasteiger partial charge in [-0.3, -0.25) is 4.79 Å². The predicted molar refractivity (Wildman–Crippen MR) is 112 cm³/mol. The van der Waals surface area contributed by atoms with Gasteiger partial charge in [0.2, 0.25) is 5.91 Å². The minimum atomic E-state index is -0.211. The Bertz CT molecular complexity index is 741. The van der Waals surface area contributed by atoms with Gasteiger partial charge in [-0.15, -0.1) is 11.8 Å². The van der Waals surface area contributed by atoms with Crippen LogP contribution >= 0.6 is 27.7 Å². The van der Waals surface area contributed by atoms with Crippen molar-refractivity contribution in [3.8, 4) is 6.07 Å². The van der Waals surface area contributed by atoms with Crippen LogP contribution in [-0.2, 0) is 4.79 Å². The SMILES string of the molecule is CC(C)CC(SC(c1ccccc1)c1ccc(Br)cc1)C(=O)NCC#N. The first kappa shape index (κ1) is 20.5. The fourth-order valence-electron chi connectivity index (χ4n) is 2.67. The van der Waals surface area contributed by atoms with E-state index >= 15 is 0 Å². The maximum absolute atomic E-state index is 12.6. The second-order valence-electron chi connectivity index (χ2n) is 6.47. The van der Waals surface area contributed by atoms with Gasteiger partial charge >= 0.3 is 0 Å². The van der Waals surface area contributed by atoms with E-state index in [2.05, 4.69) is 59.4 Å². The van der Waals surface area contributed by atoms with E-state index in [-0.39, 0.29) is 23.0 Å². The fourth-order valence-corrected chi connectivity index (χ4v) is 4.60. The van der Waals surface area contributed by atoms with Crippen LogP contribution in [0.5, 0.6) is 0 Å². The minimum Gasteiger partial charge on any atom is -0.342 e. The number of carbonyl (C=O) groups excluding carboxylic acids is 1. The van der Waals surface area contributed by atoms with Crippen LogP contribution in [0.15, 0.2) is 59.1 Å². The van der Waals surface area contributed by atoms with Gasteiger partial charge in [-0.1, -0.05) is 72.2 Å². The zero-order valence-electron chi connectivity index (χ0n) is 15.0. The van der Waals surface area contributed by atoms with Crippen LogP contribution in [-0.4, -0.2) is 17.7 Å². The highest BCUT2D eigenvalue weighted by atomic mass is 79.9. The Labute approximate surface area is 168 Å². The molecule has 0 aliphatic carbocycles. The third-order valence-corrected chi connectivity index (χ3v) is 5.98. The lowest BCUT2D eigenvalue weighted by Gasteiger charge is -2.25. The molecule has 26 heavy (non-hydrogen) atoms. The van der Waals surface area contributed by atoms with E-state index in [1.807, 2.05) is 36.4 Å². The van der Waals surface area contributed by atoms with Crippen molar-refractivity contribution in [3.05, 3.63) is 70.2 Å². The van der Waals surface area contributed by atoms with Gasteiger partial charge in [0, 0.05) is 4.47 Å². The molecule has 0 aromatic heterocycles. The molecule has 0 spiro atoms. The van der Waals surface area contributed by atoms with Crippen molar-refractivity contribution in [1.29, 1.82) is 5.26 Å². The van der Waals surface area contributed by atoms with Crippen molar-refractivity contribution in [2.45, 2.75) is 30.8 Å². The summed E-state index contributed by atoms with van der Waals surface area (Å²) >= 11 is 5.14. The number of hydrogen-bond donors (Lipinski definition) is 1. The van der Waals surface area contributed by atoms with Gasteiger partial charge in [0.05, 0.1) is 16.6 Å². The van der Waals surface area contributed by atoms with E-state index in [0.29, 0.717) is 5.92 Å². The molecule has 3 nitrogen and oxygen atoms in total. The van der Waals surface area contributed by atoms with Gasteiger partial charge in [0.25, 0.3) is 0 Å². The second kappa shape index (κ2) is 10.4. The van der Waals surface area contributed by atoms with E-state index in [0.717, 1.165) is 16.5 Å². The standard InChI is InChI=1S/C21H23BrN2OS/c1-15(2)14-19(21(25)24-13-12-23)26-20(16-6-4-3-5-7-16)17-8-10-18(22)11-9-17/h3-11,15,19-20H,13-14H2,1-2H3,(H,24,25). The average Bonchev–Trinajstić information content (AvgIpc) is 2.64. The molecule has 0 aliphatic rings. The molecule has 2 unspecified atom stereocenters. The molecule has 2 rings (SSSR count). The van der Waals surface area contributed by atoms with Gasteiger partial charge in [-0.05, 0) is 35.6 Å². The Morgan fingerprint density at radius 2 is 1.73 bits per heavy atom. The third-order valence-electron chi connectivity index (χ3n) is 3.90. The van der Waals surface area contributed by atoms with Crippen LogP contribution in [0.2, 0.25) is 0 Å². The predicted octanol–water partition coefficient (Wildman–Crippen LogP) is 5.33. The lowest BCUT2D eigenvalue weighted by Crippen LogP contribution is -2.34. The first-order valence-electron chi connectivity index (χ1n) is 8.61. The molecule has 136 valence electrons. The summed E-state index contributed by atoms with van der Waals surface area (Å²) in [7, 11) is 0. The molecule has 5 heteroatoms. The van der Waals surface area contributed by atoms with E-state index < -0.39 is 0 Å². The van der Waals surface area contributed by atoms with Crippen LogP contribution in [0.1, 0.15) is 36.6 Å². The maximum Gasteiger partial charge on any atom is 0.233 e. The molecule has 2 aromatic rings. The molecule has 0 saturated carbocycles. The molecular formula is C21H23BrN2OS. The molecule has 0 bridgehead atoms. The van der Waals surface area contributed by atoms with Crippen LogP contribution < -0.4 is 5.32 Å². The largest absolute Gasteiger partial charge is 0.342 e. The zero-order chi connectivity index (χ0) is 18.9. The number of halogens is 1. The molecular weight excluding hydrogens is 408 g/mol. The number of thioether (sulfide) groups is 1. The summed E-state index contributed by atoms with van der Waals surface area (Å²) in [5.41, 5.74) is 2.33. The van der Waals surface area contributed by atoms with Crippen molar-refractivity contribution < 1.29 is 4.79 Å². The normalized spacial score (nSPS) is 13.0. The van der Waals surface area contributed by atoms with Crippen molar-refractivity contribution >= 4 is 33.6 Å². The molecule has 1 amide bonds. The van der Waals surface area contributed by atoms with Crippen molar-refractivity contribution in [2.24, 2.45) is 5.92 Å². The van der Waals surface area contributed by atoms with Gasteiger partial charge < -0.3 is 5.32 Å². The lowest BCUT2D eigenvalue weighted by molar-refractivity contribution is -0.120.